The van der Waals surface area contributed by atoms with Crippen LogP contribution in [0.3, 0.4) is 0 Å². The van der Waals surface area contributed by atoms with Gasteiger partial charge in [-0.2, -0.15) is 5.11 Å². The lowest BCUT2D eigenvalue weighted by Gasteiger charge is -2.08. The van der Waals surface area contributed by atoms with E-state index in [2.05, 4.69) is 15.1 Å². The summed E-state index contributed by atoms with van der Waals surface area (Å²) in [5.41, 5.74) is 3.69. The van der Waals surface area contributed by atoms with Crippen molar-refractivity contribution in [3.8, 4) is 5.75 Å². The third kappa shape index (κ3) is 3.13. The fraction of sp³-hybridized carbons (Fsp3) is 0.158. The molecular formula is C19H18N2O3. The van der Waals surface area contributed by atoms with Crippen LogP contribution in [-0.4, -0.2) is 10.4 Å². The standard InChI is InChI=1S/C19H18N2O3/c1-12-7-8-16-15(9-12)10-13(2)18(19(16)22)21-20-17-6-4-3-5-14(17)11-24-23/h3-10,22-23H,11H2,1-2H3. The van der Waals surface area contributed by atoms with Crippen LogP contribution in [0.25, 0.3) is 10.8 Å². The number of fused-ring (bicyclic) bond motifs is 1. The average Bonchev–Trinajstić information content (AvgIpc) is 2.56. The molecule has 24 heavy (non-hydrogen) atoms. The summed E-state index contributed by atoms with van der Waals surface area (Å²) in [6, 6.07) is 15.1. The number of aromatic hydroxyl groups is 1. The highest BCUT2D eigenvalue weighted by Crippen LogP contribution is 2.39. The molecule has 3 aromatic carbocycles. The Morgan fingerprint density at radius 1 is 1.00 bits per heavy atom. The molecule has 0 saturated carbocycles. The van der Waals surface area contributed by atoms with E-state index in [0.717, 1.165) is 21.9 Å². The van der Waals surface area contributed by atoms with Crippen LogP contribution in [0.4, 0.5) is 11.4 Å². The molecule has 2 N–H and O–H groups in total. The molecule has 0 saturated heterocycles. The highest BCUT2D eigenvalue weighted by molar-refractivity contribution is 5.94. The van der Waals surface area contributed by atoms with E-state index in [1.807, 2.05) is 50.2 Å². The number of benzene rings is 3. The van der Waals surface area contributed by atoms with Crippen LogP contribution in [0.1, 0.15) is 16.7 Å². The summed E-state index contributed by atoms with van der Waals surface area (Å²) < 4.78 is 0. The predicted molar refractivity (Wildman–Crippen MR) is 93.1 cm³/mol. The van der Waals surface area contributed by atoms with E-state index in [-0.39, 0.29) is 12.4 Å². The van der Waals surface area contributed by atoms with Crippen LogP contribution in [0.15, 0.2) is 58.8 Å². The molecule has 3 aromatic rings. The van der Waals surface area contributed by atoms with Crippen molar-refractivity contribution in [2.75, 3.05) is 0 Å². The van der Waals surface area contributed by atoms with Crippen LogP contribution >= 0.6 is 0 Å². The van der Waals surface area contributed by atoms with E-state index in [4.69, 9.17) is 5.26 Å². The summed E-state index contributed by atoms with van der Waals surface area (Å²) in [6.07, 6.45) is 0. The van der Waals surface area contributed by atoms with Gasteiger partial charge in [-0.1, -0.05) is 42.0 Å². The van der Waals surface area contributed by atoms with Crippen molar-refractivity contribution in [1.82, 2.24) is 0 Å². The van der Waals surface area contributed by atoms with Crippen LogP contribution in [0, 0.1) is 13.8 Å². The van der Waals surface area contributed by atoms with E-state index < -0.39 is 0 Å². The number of aryl methyl sites for hydroxylation is 2. The Hall–Kier alpha value is -2.76. The van der Waals surface area contributed by atoms with E-state index in [0.29, 0.717) is 16.9 Å². The van der Waals surface area contributed by atoms with Crippen molar-refractivity contribution in [3.63, 3.8) is 0 Å². The molecule has 0 aromatic heterocycles. The van der Waals surface area contributed by atoms with Gasteiger partial charge in [-0.3, -0.25) is 5.26 Å². The smallest absolute Gasteiger partial charge is 0.151 e. The SMILES string of the molecule is Cc1ccc2c(O)c(N=Nc3ccccc3COO)c(C)cc2c1. The molecule has 3 rings (SSSR count). The lowest BCUT2D eigenvalue weighted by molar-refractivity contribution is -0.252. The average molecular weight is 322 g/mol. The number of azo groups is 1. The highest BCUT2D eigenvalue weighted by atomic mass is 17.1. The first kappa shape index (κ1) is 16.1. The van der Waals surface area contributed by atoms with Crippen LogP contribution in [-0.2, 0) is 11.5 Å². The van der Waals surface area contributed by atoms with Gasteiger partial charge in [0.2, 0.25) is 0 Å². The molecule has 0 aliphatic rings. The number of nitrogens with zero attached hydrogens (tertiary/aromatic N) is 2. The van der Waals surface area contributed by atoms with Crippen molar-refractivity contribution in [3.05, 3.63) is 65.2 Å². The Morgan fingerprint density at radius 2 is 1.79 bits per heavy atom. The molecule has 0 radical (unpaired) electrons. The molecule has 5 heteroatoms. The third-order valence-corrected chi connectivity index (χ3v) is 3.90. The van der Waals surface area contributed by atoms with Crippen molar-refractivity contribution in [2.45, 2.75) is 20.5 Å². The van der Waals surface area contributed by atoms with Crippen molar-refractivity contribution in [1.29, 1.82) is 0 Å². The van der Waals surface area contributed by atoms with Gasteiger partial charge in [-0.15, -0.1) is 5.11 Å². The fourth-order valence-electron chi connectivity index (χ4n) is 2.66. The third-order valence-electron chi connectivity index (χ3n) is 3.90. The highest BCUT2D eigenvalue weighted by Gasteiger charge is 2.10. The monoisotopic (exact) mass is 322 g/mol. The van der Waals surface area contributed by atoms with Crippen molar-refractivity contribution >= 4 is 22.1 Å². The van der Waals surface area contributed by atoms with Gasteiger partial charge < -0.3 is 5.11 Å². The number of phenolic OH excluding ortho intramolecular Hbond substituents is 1. The van der Waals surface area contributed by atoms with Crippen molar-refractivity contribution < 1.29 is 15.3 Å². The summed E-state index contributed by atoms with van der Waals surface area (Å²) in [7, 11) is 0. The summed E-state index contributed by atoms with van der Waals surface area (Å²) in [5.74, 6) is 0.115. The molecule has 0 heterocycles. The second-order valence-electron chi connectivity index (χ2n) is 5.72. The minimum Gasteiger partial charge on any atom is -0.505 e. The second-order valence-corrected chi connectivity index (χ2v) is 5.72. The van der Waals surface area contributed by atoms with Gasteiger partial charge in [0.15, 0.2) is 5.75 Å². The normalized spacial score (nSPS) is 11.5. The maximum atomic E-state index is 10.6. The number of rotatable bonds is 4. The van der Waals surface area contributed by atoms with Gasteiger partial charge in [0.25, 0.3) is 0 Å². The maximum absolute atomic E-state index is 10.6. The zero-order valence-electron chi connectivity index (χ0n) is 13.5. The molecule has 0 fully saturated rings. The first-order valence-electron chi connectivity index (χ1n) is 7.59. The molecule has 0 bridgehead atoms. The predicted octanol–water partition coefficient (Wildman–Crippen LogP) is 5.57. The summed E-state index contributed by atoms with van der Waals surface area (Å²) in [5, 5.41) is 29.4. The molecule has 5 nitrogen and oxygen atoms in total. The zero-order valence-corrected chi connectivity index (χ0v) is 13.5. The van der Waals surface area contributed by atoms with Gasteiger partial charge in [-0.05, 0) is 36.9 Å². The summed E-state index contributed by atoms with van der Waals surface area (Å²) in [4.78, 5) is 4.19. The van der Waals surface area contributed by atoms with Crippen LogP contribution in [0.2, 0.25) is 0 Å². The number of phenols is 1. The Kier molecular flexibility index (Phi) is 4.55. The van der Waals surface area contributed by atoms with Gasteiger partial charge >= 0.3 is 0 Å². The first-order valence-corrected chi connectivity index (χ1v) is 7.59. The number of hydrogen-bond acceptors (Lipinski definition) is 5. The van der Waals surface area contributed by atoms with E-state index in [1.165, 1.54) is 0 Å². The fourth-order valence-corrected chi connectivity index (χ4v) is 2.66. The molecule has 0 spiro atoms. The first-order chi connectivity index (χ1) is 11.6. The van der Waals surface area contributed by atoms with Gasteiger partial charge in [0.1, 0.15) is 12.3 Å². The molecule has 0 unspecified atom stereocenters. The molecule has 0 atom stereocenters. The Morgan fingerprint density at radius 3 is 2.58 bits per heavy atom. The van der Waals surface area contributed by atoms with Gasteiger partial charge in [-0.25, -0.2) is 4.89 Å². The minimum absolute atomic E-state index is 0.0250. The lowest BCUT2D eigenvalue weighted by atomic mass is 10.0. The molecular weight excluding hydrogens is 304 g/mol. The van der Waals surface area contributed by atoms with E-state index in [1.54, 1.807) is 12.1 Å². The largest absolute Gasteiger partial charge is 0.505 e. The van der Waals surface area contributed by atoms with Gasteiger partial charge in [0.05, 0.1) is 5.69 Å². The summed E-state index contributed by atoms with van der Waals surface area (Å²) in [6.45, 7) is 3.93. The van der Waals surface area contributed by atoms with E-state index in [9.17, 15) is 5.11 Å². The molecule has 0 aliphatic carbocycles. The van der Waals surface area contributed by atoms with E-state index >= 15 is 0 Å². The summed E-state index contributed by atoms with van der Waals surface area (Å²) >= 11 is 0. The van der Waals surface area contributed by atoms with Crippen molar-refractivity contribution in [2.24, 2.45) is 10.2 Å². The molecule has 122 valence electrons. The quantitative estimate of drug-likeness (QED) is 0.375. The molecule has 0 aliphatic heterocycles. The number of hydrogen-bond donors (Lipinski definition) is 2. The second kappa shape index (κ2) is 6.78. The maximum Gasteiger partial charge on any atom is 0.151 e. The Labute approximate surface area is 139 Å². The topological polar surface area (TPSA) is 74.4 Å². The van der Waals surface area contributed by atoms with Crippen LogP contribution in [0.5, 0.6) is 5.75 Å². The lowest BCUT2D eigenvalue weighted by Crippen LogP contribution is -1.87. The zero-order chi connectivity index (χ0) is 17.1. The molecule has 0 amide bonds. The Balaban J connectivity index is 2.06. The van der Waals surface area contributed by atoms with Crippen LogP contribution < -0.4 is 0 Å². The Bertz CT molecular complexity index is 920. The minimum atomic E-state index is 0.0250. The van der Waals surface area contributed by atoms with Gasteiger partial charge in [0, 0.05) is 10.9 Å².